The lowest BCUT2D eigenvalue weighted by atomic mass is 10.0. The molecular weight excluding hydrogens is 488 g/mol. The number of carbonyl (C=O) groups excluding carboxylic acids is 3. The van der Waals surface area contributed by atoms with Gasteiger partial charge >= 0.3 is 11.9 Å². The molecular formula is C23H30N6O8. The number of carbonyl (C=O) groups is 5. The monoisotopic (exact) mass is 518 g/mol. The van der Waals surface area contributed by atoms with E-state index in [4.69, 9.17) is 10.8 Å². The molecule has 9 N–H and O–H groups in total. The molecule has 1 aromatic heterocycles. The smallest absolute Gasteiger partial charge is 0.326 e. The molecule has 4 atom stereocenters. The van der Waals surface area contributed by atoms with Crippen molar-refractivity contribution < 1.29 is 39.3 Å². The quantitative estimate of drug-likeness (QED) is 0.146. The molecule has 14 nitrogen and oxygen atoms in total. The van der Waals surface area contributed by atoms with Gasteiger partial charge in [-0.3, -0.25) is 19.2 Å². The fraction of sp³-hybridized carbons (Fsp3) is 0.391. The van der Waals surface area contributed by atoms with Gasteiger partial charge in [0.2, 0.25) is 17.7 Å². The molecule has 3 amide bonds. The largest absolute Gasteiger partial charge is 0.508 e. The molecule has 4 unspecified atom stereocenters. The summed E-state index contributed by atoms with van der Waals surface area (Å²) in [7, 11) is 0. The third-order valence-corrected chi connectivity index (χ3v) is 5.30. The van der Waals surface area contributed by atoms with E-state index in [2.05, 4.69) is 25.9 Å². The Balaban J connectivity index is 2.27. The molecule has 0 saturated heterocycles. The Morgan fingerprint density at radius 3 is 2.00 bits per heavy atom. The summed E-state index contributed by atoms with van der Waals surface area (Å²) < 4.78 is 0. The number of phenols is 1. The molecule has 0 aliphatic rings. The van der Waals surface area contributed by atoms with E-state index in [-0.39, 0.29) is 25.0 Å². The Kier molecular flexibility index (Phi) is 10.6. The number of phenolic OH excluding ortho intramolecular Hbond substituents is 1. The average Bonchev–Trinajstić information content (AvgIpc) is 3.34. The second-order valence-electron chi connectivity index (χ2n) is 8.39. The lowest BCUT2D eigenvalue weighted by molar-refractivity contribution is -0.143. The number of carboxylic acid groups (broad SMARTS) is 2. The normalized spacial score (nSPS) is 14.0. The lowest BCUT2D eigenvalue weighted by Crippen LogP contribution is -2.58. The first-order valence-corrected chi connectivity index (χ1v) is 11.3. The van der Waals surface area contributed by atoms with Gasteiger partial charge in [0.15, 0.2) is 0 Å². The van der Waals surface area contributed by atoms with E-state index in [1.165, 1.54) is 43.7 Å². The predicted octanol–water partition coefficient (Wildman–Crippen LogP) is -1.35. The predicted molar refractivity (Wildman–Crippen MR) is 128 cm³/mol. The number of imidazole rings is 1. The SMILES string of the molecule is CC(N)C(=O)NC(Cc1cnc[nH]1)C(=O)NC(Cc1ccc(O)cc1)C(=O)NC(CCC(=O)O)C(=O)O. The van der Waals surface area contributed by atoms with Gasteiger partial charge in [0, 0.05) is 31.2 Å². The van der Waals surface area contributed by atoms with Crippen LogP contribution in [-0.4, -0.2) is 79.1 Å². The van der Waals surface area contributed by atoms with Gasteiger partial charge in [0.1, 0.15) is 23.9 Å². The second-order valence-corrected chi connectivity index (χ2v) is 8.39. The highest BCUT2D eigenvalue weighted by molar-refractivity contribution is 5.94. The molecule has 0 fully saturated rings. The van der Waals surface area contributed by atoms with Crippen LogP contribution < -0.4 is 21.7 Å². The minimum absolute atomic E-state index is 0.00575. The number of aromatic hydroxyl groups is 1. The Morgan fingerprint density at radius 1 is 0.919 bits per heavy atom. The number of aliphatic carboxylic acids is 2. The summed E-state index contributed by atoms with van der Waals surface area (Å²) in [6, 6.07) is 0.893. The first-order chi connectivity index (χ1) is 17.5. The molecule has 14 heteroatoms. The van der Waals surface area contributed by atoms with Crippen molar-refractivity contribution in [2.24, 2.45) is 5.73 Å². The molecule has 1 aromatic carbocycles. The summed E-state index contributed by atoms with van der Waals surface area (Å²) in [6.07, 6.45) is 1.88. The Morgan fingerprint density at radius 2 is 1.49 bits per heavy atom. The van der Waals surface area contributed by atoms with Crippen molar-refractivity contribution in [1.29, 1.82) is 0 Å². The van der Waals surface area contributed by atoms with Crippen molar-refractivity contribution in [2.75, 3.05) is 0 Å². The topological polar surface area (TPSA) is 237 Å². The number of amides is 3. The molecule has 0 aliphatic carbocycles. The number of carboxylic acids is 2. The van der Waals surface area contributed by atoms with Gasteiger partial charge in [0.05, 0.1) is 12.4 Å². The summed E-state index contributed by atoms with van der Waals surface area (Å²) in [5.41, 5.74) is 6.65. The van der Waals surface area contributed by atoms with Crippen molar-refractivity contribution in [3.05, 3.63) is 48.0 Å². The fourth-order valence-electron chi connectivity index (χ4n) is 3.28. The number of nitrogens with two attached hydrogens (primary N) is 1. The van der Waals surface area contributed by atoms with E-state index < -0.39 is 60.2 Å². The number of benzene rings is 1. The van der Waals surface area contributed by atoms with Crippen LogP contribution in [0.3, 0.4) is 0 Å². The Bertz CT molecular complexity index is 1090. The van der Waals surface area contributed by atoms with E-state index in [1.54, 1.807) is 0 Å². The minimum Gasteiger partial charge on any atom is -0.508 e. The number of aromatic nitrogens is 2. The zero-order valence-electron chi connectivity index (χ0n) is 20.0. The average molecular weight is 519 g/mol. The molecule has 200 valence electrons. The van der Waals surface area contributed by atoms with Crippen molar-refractivity contribution >= 4 is 29.7 Å². The maximum Gasteiger partial charge on any atom is 0.326 e. The highest BCUT2D eigenvalue weighted by atomic mass is 16.4. The number of nitrogens with zero attached hydrogens (tertiary/aromatic N) is 1. The Labute approximate surface area is 211 Å². The van der Waals surface area contributed by atoms with Crippen LogP contribution in [0.1, 0.15) is 31.0 Å². The fourth-order valence-corrected chi connectivity index (χ4v) is 3.28. The molecule has 0 aliphatic heterocycles. The third-order valence-electron chi connectivity index (χ3n) is 5.30. The summed E-state index contributed by atoms with van der Waals surface area (Å²) in [5.74, 6) is -4.94. The maximum absolute atomic E-state index is 13.2. The van der Waals surface area contributed by atoms with Gasteiger partial charge in [-0.05, 0) is 31.0 Å². The van der Waals surface area contributed by atoms with E-state index in [0.29, 0.717) is 11.3 Å². The van der Waals surface area contributed by atoms with Crippen LogP contribution in [0.25, 0.3) is 0 Å². The number of aromatic amines is 1. The van der Waals surface area contributed by atoms with Crippen molar-refractivity contribution in [2.45, 2.75) is 56.8 Å². The van der Waals surface area contributed by atoms with Gasteiger partial charge in [-0.2, -0.15) is 0 Å². The van der Waals surface area contributed by atoms with Crippen molar-refractivity contribution in [3.63, 3.8) is 0 Å². The number of rotatable bonds is 14. The van der Waals surface area contributed by atoms with E-state index >= 15 is 0 Å². The van der Waals surface area contributed by atoms with Crippen LogP contribution in [0.4, 0.5) is 0 Å². The molecule has 0 spiro atoms. The summed E-state index contributed by atoms with van der Waals surface area (Å²) in [6.45, 7) is 1.44. The second kappa shape index (κ2) is 13.6. The zero-order chi connectivity index (χ0) is 27.5. The van der Waals surface area contributed by atoms with Gasteiger partial charge in [0.25, 0.3) is 0 Å². The van der Waals surface area contributed by atoms with Gasteiger partial charge < -0.3 is 42.0 Å². The molecule has 0 radical (unpaired) electrons. The third kappa shape index (κ3) is 9.60. The van der Waals surface area contributed by atoms with Crippen LogP contribution in [0.5, 0.6) is 5.75 Å². The van der Waals surface area contributed by atoms with Crippen molar-refractivity contribution in [1.82, 2.24) is 25.9 Å². The van der Waals surface area contributed by atoms with Crippen LogP contribution in [0.2, 0.25) is 0 Å². The highest BCUT2D eigenvalue weighted by Gasteiger charge is 2.30. The van der Waals surface area contributed by atoms with Crippen LogP contribution in [0, 0.1) is 0 Å². The maximum atomic E-state index is 13.2. The first-order valence-electron chi connectivity index (χ1n) is 11.3. The van der Waals surface area contributed by atoms with Crippen LogP contribution in [0.15, 0.2) is 36.8 Å². The molecule has 2 aromatic rings. The van der Waals surface area contributed by atoms with E-state index in [0.717, 1.165) is 0 Å². The number of nitrogens with one attached hydrogen (secondary N) is 4. The summed E-state index contributed by atoms with van der Waals surface area (Å²) in [5, 5.41) is 35.1. The van der Waals surface area contributed by atoms with E-state index in [1.807, 2.05) is 0 Å². The number of hydrogen-bond donors (Lipinski definition) is 8. The highest BCUT2D eigenvalue weighted by Crippen LogP contribution is 2.12. The van der Waals surface area contributed by atoms with E-state index in [9.17, 15) is 34.2 Å². The Hall–Kier alpha value is -4.46. The minimum atomic E-state index is -1.51. The van der Waals surface area contributed by atoms with Crippen molar-refractivity contribution in [3.8, 4) is 5.75 Å². The standard InChI is InChI=1S/C23H30N6O8/c1-12(24)20(33)28-18(9-14-10-25-11-26-14)22(35)29-17(8-13-2-4-15(30)5-3-13)21(34)27-16(23(36)37)6-7-19(31)32/h2-5,10-12,16-18,30H,6-9,24H2,1H3,(H,25,26)(H,27,34)(H,28,33)(H,29,35)(H,31,32)(H,36,37). The molecule has 0 bridgehead atoms. The number of hydrogen-bond acceptors (Lipinski definition) is 8. The number of H-pyrrole nitrogens is 1. The summed E-state index contributed by atoms with van der Waals surface area (Å²) >= 11 is 0. The first kappa shape index (κ1) is 28.8. The van der Waals surface area contributed by atoms with Gasteiger partial charge in [-0.25, -0.2) is 9.78 Å². The van der Waals surface area contributed by atoms with Gasteiger partial charge in [-0.1, -0.05) is 12.1 Å². The molecule has 2 rings (SSSR count). The molecule has 1 heterocycles. The van der Waals surface area contributed by atoms with Crippen LogP contribution >= 0.6 is 0 Å². The van der Waals surface area contributed by atoms with Gasteiger partial charge in [-0.15, -0.1) is 0 Å². The molecule has 0 saturated carbocycles. The lowest BCUT2D eigenvalue weighted by Gasteiger charge is -2.25. The molecule has 37 heavy (non-hydrogen) atoms. The summed E-state index contributed by atoms with van der Waals surface area (Å²) in [4.78, 5) is 67.6. The van der Waals surface area contributed by atoms with Crippen LogP contribution in [-0.2, 0) is 36.8 Å². The zero-order valence-corrected chi connectivity index (χ0v) is 20.0.